The summed E-state index contributed by atoms with van der Waals surface area (Å²) in [6.45, 7) is -2.98. The predicted molar refractivity (Wildman–Crippen MR) is 247 cm³/mol. The highest BCUT2D eigenvalue weighted by Crippen LogP contribution is 2.53. The van der Waals surface area contributed by atoms with E-state index in [4.69, 9.17) is 42.9 Å². The van der Waals surface area contributed by atoms with E-state index in [-0.39, 0.29) is 45.1 Å². The van der Waals surface area contributed by atoms with Gasteiger partial charge in [-0.15, -0.1) is 0 Å². The lowest BCUT2D eigenvalue weighted by Gasteiger charge is -2.26. The van der Waals surface area contributed by atoms with E-state index in [1.54, 1.807) is 18.3 Å². The van der Waals surface area contributed by atoms with Crippen LogP contribution in [0.4, 0.5) is 0 Å². The predicted octanol–water partition coefficient (Wildman–Crippen LogP) is 0.228. The van der Waals surface area contributed by atoms with E-state index in [1.807, 2.05) is 36.5 Å². The topological polar surface area (TPSA) is 312 Å². The van der Waals surface area contributed by atoms with Crippen molar-refractivity contribution in [3.8, 4) is 16.9 Å². The molecule has 2 aromatic carbocycles. The molecule has 1 heterocycles. The van der Waals surface area contributed by atoms with E-state index in [9.17, 15) is 55.2 Å². The highest BCUT2D eigenvalue weighted by Gasteiger charge is 2.48. The summed E-state index contributed by atoms with van der Waals surface area (Å²) >= 11 is 13.6. The number of aliphatic hydroxyl groups is 10. The number of carbonyl (C=O) groups excluding carboxylic acids is 3. The number of aryl methyl sites for hydroxylation is 1. The van der Waals surface area contributed by atoms with Gasteiger partial charge in [-0.3, -0.25) is 19.4 Å². The van der Waals surface area contributed by atoms with E-state index in [0.717, 1.165) is 53.7 Å². The average molecular weight is 996 g/mol. The van der Waals surface area contributed by atoms with Crippen molar-refractivity contribution in [3.05, 3.63) is 81.6 Å². The third-order valence-electron chi connectivity index (χ3n) is 12.1. The Morgan fingerprint density at radius 3 is 1.82 bits per heavy atom. The van der Waals surface area contributed by atoms with Gasteiger partial charge in [0.15, 0.2) is 0 Å². The van der Waals surface area contributed by atoms with Gasteiger partial charge in [0.05, 0.1) is 43.7 Å². The first-order chi connectivity index (χ1) is 32.5. The Kier molecular flexibility index (Phi) is 21.2. The van der Waals surface area contributed by atoms with Crippen molar-refractivity contribution in [1.29, 1.82) is 0 Å². The maximum absolute atomic E-state index is 13.5. The molecule has 2 fully saturated rings. The standard InChI is InChI=1S/C47H64Cl2N4O15/c48-33-20-28(26-67-47(14-15-47)32-21-50-16-11-30(32)31-6-2-3-7-39(31)68-29-9-10-29)34(49)19-27(33)5-1-4-8-42(62)53(17-12-40(60)51-22-35(56)43(63)45(65)37(58)24-54)18-13-41(61)52-23-36(57)44(64)46(66)38(59)25-55/h2-3,6-7,11,16,19-21,29,35-38,43-46,54-59,63-66H,1,4-5,8-10,12-15,17-18,22-26H2,(H,51,60)(H,52,61)/t35-,36-,37+,38+,43+,44+,45+,46+/m1/s1. The summed E-state index contributed by atoms with van der Waals surface area (Å²) in [5, 5.41) is 103. The van der Waals surface area contributed by atoms with E-state index in [0.29, 0.717) is 34.9 Å². The number of pyridine rings is 1. The highest BCUT2D eigenvalue weighted by molar-refractivity contribution is 6.34. The molecule has 376 valence electrons. The summed E-state index contributed by atoms with van der Waals surface area (Å²) in [6.07, 6.45) is -6.16. The Bertz CT molecular complexity index is 2070. The minimum Gasteiger partial charge on any atom is -0.490 e. The number of hydrogen-bond donors (Lipinski definition) is 12. The summed E-state index contributed by atoms with van der Waals surface area (Å²) in [4.78, 5) is 44.6. The molecule has 0 bridgehead atoms. The second kappa shape index (κ2) is 26.2. The summed E-state index contributed by atoms with van der Waals surface area (Å²) in [6, 6.07) is 13.5. The lowest BCUT2D eigenvalue weighted by molar-refractivity contribution is -0.133. The van der Waals surface area contributed by atoms with E-state index >= 15 is 0 Å². The molecule has 3 aromatic rings. The molecule has 2 aliphatic carbocycles. The molecule has 0 aliphatic heterocycles. The van der Waals surface area contributed by atoms with Crippen molar-refractivity contribution in [2.24, 2.45) is 0 Å². The number of nitrogens with one attached hydrogen (secondary N) is 2. The maximum Gasteiger partial charge on any atom is 0.222 e. The van der Waals surface area contributed by atoms with Crippen LogP contribution >= 0.6 is 23.2 Å². The summed E-state index contributed by atoms with van der Waals surface area (Å²) in [7, 11) is 0. The second-order valence-electron chi connectivity index (χ2n) is 17.3. The number of unbranched alkanes of at least 4 members (excludes halogenated alkanes) is 1. The number of carbonyl (C=O) groups is 3. The summed E-state index contributed by atoms with van der Waals surface area (Å²) in [5.41, 5.74) is 3.88. The lowest BCUT2D eigenvalue weighted by Crippen LogP contribution is -2.50. The Morgan fingerprint density at radius 1 is 0.721 bits per heavy atom. The van der Waals surface area contributed by atoms with Gasteiger partial charge in [0.1, 0.15) is 42.4 Å². The lowest BCUT2D eigenvalue weighted by atomic mass is 9.96. The zero-order valence-electron chi connectivity index (χ0n) is 37.6. The molecule has 2 saturated carbocycles. The van der Waals surface area contributed by atoms with Crippen LogP contribution in [0, 0.1) is 0 Å². The molecule has 0 saturated heterocycles. The van der Waals surface area contributed by atoms with Crippen molar-refractivity contribution in [2.75, 3.05) is 39.4 Å². The molecule has 8 atom stereocenters. The number of para-hydroxylation sites is 1. The normalized spacial score (nSPS) is 17.8. The average Bonchev–Trinajstić information content (AvgIpc) is 4.30. The monoisotopic (exact) mass is 994 g/mol. The first kappa shape index (κ1) is 54.9. The van der Waals surface area contributed by atoms with Crippen molar-refractivity contribution in [1.82, 2.24) is 20.5 Å². The first-order valence-corrected chi connectivity index (χ1v) is 23.5. The van der Waals surface area contributed by atoms with Gasteiger partial charge in [-0.05, 0) is 85.9 Å². The van der Waals surface area contributed by atoms with Crippen molar-refractivity contribution in [2.45, 2.75) is 131 Å². The molecule has 12 N–H and O–H groups in total. The number of benzene rings is 2. The molecule has 3 amide bonds. The van der Waals surface area contributed by atoms with Gasteiger partial charge in [0.25, 0.3) is 0 Å². The van der Waals surface area contributed by atoms with Crippen LogP contribution < -0.4 is 15.4 Å². The van der Waals surface area contributed by atoms with Crippen LogP contribution in [0.2, 0.25) is 10.0 Å². The molecule has 0 spiro atoms. The molecule has 1 aromatic heterocycles. The van der Waals surface area contributed by atoms with Crippen molar-refractivity contribution >= 4 is 40.9 Å². The van der Waals surface area contributed by atoms with Gasteiger partial charge in [0, 0.05) is 79.0 Å². The number of aromatic nitrogens is 1. The van der Waals surface area contributed by atoms with Crippen LogP contribution in [-0.2, 0) is 37.7 Å². The quantitative estimate of drug-likeness (QED) is 0.0398. The highest BCUT2D eigenvalue weighted by atomic mass is 35.5. The van der Waals surface area contributed by atoms with E-state index in [2.05, 4.69) is 15.6 Å². The van der Waals surface area contributed by atoms with Gasteiger partial charge in [-0.2, -0.15) is 0 Å². The van der Waals surface area contributed by atoms with E-state index < -0.39 is 98.5 Å². The van der Waals surface area contributed by atoms with Gasteiger partial charge in [-0.1, -0.05) is 41.4 Å². The van der Waals surface area contributed by atoms with Crippen LogP contribution in [0.1, 0.15) is 74.5 Å². The third-order valence-corrected chi connectivity index (χ3v) is 12.8. The number of ether oxygens (including phenoxy) is 2. The number of nitrogens with zero attached hydrogens (tertiary/aromatic N) is 2. The van der Waals surface area contributed by atoms with Crippen LogP contribution in [0.3, 0.4) is 0 Å². The SMILES string of the molecule is O=C(CCN(CCC(=O)NC[C@@H](O)[C@H](O)[C@@H](O)[C@@H](O)CO)C(=O)CCCCc1cc(Cl)c(COC2(c3cnccc3-c3ccccc3OC3CC3)CC2)cc1Cl)NC[C@@H](O)[C@H](O)[C@@H](O)[C@@H](O)CO. The zero-order valence-corrected chi connectivity index (χ0v) is 39.1. The number of aliphatic hydroxyl groups excluding tert-OH is 10. The molecule has 0 radical (unpaired) electrons. The van der Waals surface area contributed by atoms with Crippen LogP contribution in [-0.4, -0.2) is 173 Å². The number of rotatable bonds is 30. The Hall–Kier alpha value is -4.06. The van der Waals surface area contributed by atoms with Gasteiger partial charge in [0.2, 0.25) is 17.7 Å². The Labute approximate surface area is 404 Å². The molecule has 0 unspecified atom stereocenters. The van der Waals surface area contributed by atoms with Crippen molar-refractivity contribution in [3.63, 3.8) is 0 Å². The molecule has 68 heavy (non-hydrogen) atoms. The summed E-state index contributed by atoms with van der Waals surface area (Å²) in [5.74, 6) is -0.896. The molecule has 21 heteroatoms. The molecular weight excluding hydrogens is 931 g/mol. The molecule has 5 rings (SSSR count). The van der Waals surface area contributed by atoms with Crippen LogP contribution in [0.15, 0.2) is 54.9 Å². The fourth-order valence-corrected chi connectivity index (χ4v) is 7.99. The fraction of sp³-hybridized carbons (Fsp3) is 0.574. The minimum atomic E-state index is -1.90. The number of hydrogen-bond acceptors (Lipinski definition) is 16. The Balaban J connectivity index is 1.14. The van der Waals surface area contributed by atoms with Crippen molar-refractivity contribution < 1.29 is 74.9 Å². The fourth-order valence-electron chi connectivity index (χ4n) is 7.47. The Morgan fingerprint density at radius 2 is 1.26 bits per heavy atom. The van der Waals surface area contributed by atoms with Crippen LogP contribution in [0.5, 0.6) is 5.75 Å². The van der Waals surface area contributed by atoms with Gasteiger partial charge < -0.3 is 76.1 Å². The third kappa shape index (κ3) is 15.7. The molecular formula is C47H64Cl2N4O15. The minimum absolute atomic E-state index is 0.0159. The zero-order chi connectivity index (χ0) is 49.5. The molecule has 19 nitrogen and oxygen atoms in total. The number of halogens is 2. The largest absolute Gasteiger partial charge is 0.490 e. The summed E-state index contributed by atoms with van der Waals surface area (Å²) < 4.78 is 12.8. The maximum atomic E-state index is 13.5. The van der Waals surface area contributed by atoms with Crippen LogP contribution in [0.25, 0.3) is 11.1 Å². The smallest absolute Gasteiger partial charge is 0.222 e. The van der Waals surface area contributed by atoms with Gasteiger partial charge >= 0.3 is 0 Å². The van der Waals surface area contributed by atoms with E-state index in [1.165, 1.54) is 4.90 Å². The molecule has 2 aliphatic rings. The second-order valence-corrected chi connectivity index (χ2v) is 18.2. The number of amides is 3. The van der Waals surface area contributed by atoms with Gasteiger partial charge in [-0.25, -0.2) is 0 Å². The first-order valence-electron chi connectivity index (χ1n) is 22.8.